The minimum absolute atomic E-state index is 0.182. The number of hydrogen-bond donors (Lipinski definition) is 2. The van der Waals surface area contributed by atoms with Crippen LogP contribution in [0.15, 0.2) is 42.5 Å². The molecule has 2 aromatic carbocycles. The first kappa shape index (κ1) is 15.0. The van der Waals surface area contributed by atoms with Crippen LogP contribution in [0.5, 0.6) is 0 Å². The number of benzene rings is 2. The van der Waals surface area contributed by atoms with Gasteiger partial charge in [-0.3, -0.25) is 4.79 Å². The molecule has 0 saturated heterocycles. The maximum absolute atomic E-state index is 13.0. The van der Waals surface area contributed by atoms with E-state index in [1.165, 1.54) is 12.1 Å². The van der Waals surface area contributed by atoms with Gasteiger partial charge in [0.2, 0.25) is 0 Å². The Morgan fingerprint density at radius 1 is 1.05 bits per heavy atom. The summed E-state index contributed by atoms with van der Waals surface area (Å²) in [5, 5.41) is 2.90. The molecular weight excluding hydrogens is 267 g/mol. The monoisotopic (exact) mass is 286 g/mol. The summed E-state index contributed by atoms with van der Waals surface area (Å²) in [6.45, 7) is 5.74. The Morgan fingerprint density at radius 3 is 2.24 bits per heavy atom. The van der Waals surface area contributed by atoms with Crippen molar-refractivity contribution < 1.29 is 9.18 Å². The molecule has 0 aliphatic carbocycles. The number of nitrogen functional groups attached to an aromatic ring is 1. The molecule has 0 aromatic heterocycles. The molecule has 2 aromatic rings. The first-order valence-electron chi connectivity index (χ1n) is 6.74. The van der Waals surface area contributed by atoms with E-state index in [4.69, 9.17) is 5.73 Å². The molecular formula is C17H19FN2O. The Kier molecular flexibility index (Phi) is 3.98. The maximum Gasteiger partial charge on any atom is 0.251 e. The Labute approximate surface area is 124 Å². The maximum atomic E-state index is 13.0. The molecule has 0 spiro atoms. The minimum atomic E-state index is -0.322. The molecule has 110 valence electrons. The van der Waals surface area contributed by atoms with Crippen molar-refractivity contribution in [2.45, 2.75) is 26.3 Å². The number of hydrogen-bond acceptors (Lipinski definition) is 2. The highest BCUT2D eigenvalue weighted by Gasteiger charge is 2.16. The zero-order valence-corrected chi connectivity index (χ0v) is 12.4. The lowest BCUT2D eigenvalue weighted by atomic mass is 10.0. The third-order valence-electron chi connectivity index (χ3n) is 2.88. The second-order valence-electron chi connectivity index (χ2n) is 6.05. The Bertz CT molecular complexity index is 657. The molecule has 0 saturated carbocycles. The third-order valence-corrected chi connectivity index (χ3v) is 2.88. The lowest BCUT2D eigenvalue weighted by molar-refractivity contribution is 0.0919. The first-order chi connectivity index (χ1) is 9.74. The molecule has 0 radical (unpaired) electrons. The number of nitrogens with one attached hydrogen (secondary N) is 1. The van der Waals surface area contributed by atoms with Gasteiger partial charge in [0, 0.05) is 16.8 Å². The van der Waals surface area contributed by atoms with Crippen LogP contribution in [-0.4, -0.2) is 11.4 Å². The van der Waals surface area contributed by atoms with Crippen molar-refractivity contribution in [1.82, 2.24) is 5.32 Å². The molecule has 21 heavy (non-hydrogen) atoms. The van der Waals surface area contributed by atoms with Gasteiger partial charge in [-0.2, -0.15) is 0 Å². The largest absolute Gasteiger partial charge is 0.399 e. The molecule has 0 atom stereocenters. The summed E-state index contributed by atoms with van der Waals surface area (Å²) in [6.07, 6.45) is 0. The predicted octanol–water partition coefficient (Wildman–Crippen LogP) is 3.60. The molecule has 2 rings (SSSR count). The summed E-state index contributed by atoms with van der Waals surface area (Å²) in [6, 6.07) is 11.2. The summed E-state index contributed by atoms with van der Waals surface area (Å²) >= 11 is 0. The van der Waals surface area contributed by atoms with Crippen molar-refractivity contribution in [2.24, 2.45) is 0 Å². The van der Waals surface area contributed by atoms with E-state index in [1.54, 1.807) is 30.3 Å². The molecule has 0 unspecified atom stereocenters. The van der Waals surface area contributed by atoms with Crippen LogP contribution in [0.4, 0.5) is 10.1 Å². The standard InChI is InChI=1S/C17H19FN2O/c1-17(2,3)20-16(21)13-8-12(9-15(19)10-13)11-4-6-14(18)7-5-11/h4-10H,19H2,1-3H3,(H,20,21). The van der Waals surface area contributed by atoms with Crippen molar-refractivity contribution >= 4 is 11.6 Å². The average Bonchev–Trinajstić information content (AvgIpc) is 2.36. The molecule has 1 amide bonds. The van der Waals surface area contributed by atoms with Gasteiger partial charge < -0.3 is 11.1 Å². The van der Waals surface area contributed by atoms with Gasteiger partial charge in [-0.25, -0.2) is 4.39 Å². The fraction of sp³-hybridized carbons (Fsp3) is 0.235. The van der Waals surface area contributed by atoms with Crippen molar-refractivity contribution in [2.75, 3.05) is 5.73 Å². The van der Waals surface area contributed by atoms with Crippen molar-refractivity contribution in [1.29, 1.82) is 0 Å². The van der Waals surface area contributed by atoms with Crippen molar-refractivity contribution in [3.05, 3.63) is 53.8 Å². The third kappa shape index (κ3) is 4.05. The number of carbonyl (C=O) groups is 1. The van der Waals surface area contributed by atoms with Crippen molar-refractivity contribution in [3.8, 4) is 11.1 Å². The van der Waals surface area contributed by atoms with Crippen LogP contribution in [0.2, 0.25) is 0 Å². The van der Waals surface area contributed by atoms with E-state index in [2.05, 4.69) is 5.32 Å². The van der Waals surface area contributed by atoms with E-state index in [9.17, 15) is 9.18 Å². The van der Waals surface area contributed by atoms with Crippen LogP contribution in [-0.2, 0) is 0 Å². The Hall–Kier alpha value is -2.36. The van der Waals surface area contributed by atoms with Crippen LogP contribution >= 0.6 is 0 Å². The normalized spacial score (nSPS) is 11.2. The van der Waals surface area contributed by atoms with Gasteiger partial charge in [-0.15, -0.1) is 0 Å². The van der Waals surface area contributed by atoms with Crippen LogP contribution in [0.3, 0.4) is 0 Å². The van der Waals surface area contributed by atoms with E-state index < -0.39 is 0 Å². The fourth-order valence-electron chi connectivity index (χ4n) is 2.00. The lowest BCUT2D eigenvalue weighted by Gasteiger charge is -2.21. The predicted molar refractivity (Wildman–Crippen MR) is 83.5 cm³/mol. The summed E-state index contributed by atoms with van der Waals surface area (Å²) < 4.78 is 13.0. The highest BCUT2D eigenvalue weighted by Crippen LogP contribution is 2.24. The van der Waals surface area contributed by atoms with Crippen LogP contribution in [0.1, 0.15) is 31.1 Å². The second kappa shape index (κ2) is 5.56. The van der Waals surface area contributed by atoms with Gasteiger partial charge in [-0.05, 0) is 62.2 Å². The molecule has 3 nitrogen and oxygen atoms in total. The van der Waals surface area contributed by atoms with Crippen LogP contribution in [0, 0.1) is 5.82 Å². The summed E-state index contributed by atoms with van der Waals surface area (Å²) in [7, 11) is 0. The van der Waals surface area contributed by atoms with E-state index in [-0.39, 0.29) is 17.3 Å². The summed E-state index contributed by atoms with van der Waals surface area (Å²) in [4.78, 5) is 12.2. The SMILES string of the molecule is CC(C)(C)NC(=O)c1cc(N)cc(-c2ccc(F)cc2)c1. The minimum Gasteiger partial charge on any atom is -0.399 e. The van der Waals surface area contributed by atoms with E-state index in [0.29, 0.717) is 11.3 Å². The van der Waals surface area contributed by atoms with Crippen LogP contribution < -0.4 is 11.1 Å². The van der Waals surface area contributed by atoms with Crippen LogP contribution in [0.25, 0.3) is 11.1 Å². The summed E-state index contributed by atoms with van der Waals surface area (Å²) in [5.74, 6) is -0.480. The van der Waals surface area contributed by atoms with E-state index in [1.807, 2.05) is 20.8 Å². The zero-order valence-electron chi connectivity index (χ0n) is 12.4. The van der Waals surface area contributed by atoms with Gasteiger partial charge >= 0.3 is 0 Å². The molecule has 3 N–H and O–H groups in total. The number of rotatable bonds is 2. The zero-order chi connectivity index (χ0) is 15.6. The first-order valence-corrected chi connectivity index (χ1v) is 6.74. The Balaban J connectivity index is 2.37. The number of amides is 1. The highest BCUT2D eigenvalue weighted by molar-refractivity contribution is 5.97. The topological polar surface area (TPSA) is 55.1 Å². The molecule has 0 heterocycles. The second-order valence-corrected chi connectivity index (χ2v) is 6.05. The number of halogens is 1. The van der Waals surface area contributed by atoms with Gasteiger partial charge in [0.05, 0.1) is 0 Å². The quantitative estimate of drug-likeness (QED) is 0.829. The number of carbonyl (C=O) groups excluding carboxylic acids is 1. The van der Waals surface area contributed by atoms with E-state index in [0.717, 1.165) is 11.1 Å². The molecule has 0 bridgehead atoms. The lowest BCUT2D eigenvalue weighted by Crippen LogP contribution is -2.40. The summed E-state index contributed by atoms with van der Waals surface area (Å²) in [5.41, 5.74) is 8.14. The molecule has 0 fully saturated rings. The number of anilines is 1. The smallest absolute Gasteiger partial charge is 0.251 e. The highest BCUT2D eigenvalue weighted by atomic mass is 19.1. The number of nitrogens with two attached hydrogens (primary N) is 1. The Morgan fingerprint density at radius 2 is 1.67 bits per heavy atom. The van der Waals surface area contributed by atoms with Crippen molar-refractivity contribution in [3.63, 3.8) is 0 Å². The average molecular weight is 286 g/mol. The van der Waals surface area contributed by atoms with Gasteiger partial charge in [-0.1, -0.05) is 12.1 Å². The van der Waals surface area contributed by atoms with E-state index >= 15 is 0 Å². The van der Waals surface area contributed by atoms with Gasteiger partial charge in [0.15, 0.2) is 0 Å². The fourth-order valence-corrected chi connectivity index (χ4v) is 2.00. The van der Waals surface area contributed by atoms with Gasteiger partial charge in [0.1, 0.15) is 5.82 Å². The molecule has 0 aliphatic rings. The molecule has 4 heteroatoms. The molecule has 0 aliphatic heterocycles. The van der Waals surface area contributed by atoms with Gasteiger partial charge in [0.25, 0.3) is 5.91 Å².